The minimum absolute atomic E-state index is 0.0625. The van der Waals surface area contributed by atoms with E-state index in [2.05, 4.69) is 22.3 Å². The summed E-state index contributed by atoms with van der Waals surface area (Å²) in [5, 5.41) is 13.5. The number of benzene rings is 1. The molecule has 0 bridgehead atoms. The van der Waals surface area contributed by atoms with Crippen LogP contribution in [-0.4, -0.2) is 44.0 Å². The first kappa shape index (κ1) is 16.6. The zero-order valence-corrected chi connectivity index (χ0v) is 14.2. The number of aliphatic hydroxyl groups is 1. The molecule has 0 amide bonds. The molecule has 1 saturated carbocycles. The summed E-state index contributed by atoms with van der Waals surface area (Å²) in [7, 11) is 1.71. The lowest BCUT2D eigenvalue weighted by atomic mass is 9.87. The van der Waals surface area contributed by atoms with E-state index in [0.29, 0.717) is 12.0 Å². The van der Waals surface area contributed by atoms with Crippen LogP contribution in [-0.2, 0) is 0 Å². The standard InChI is InChI=1S/C19H30N2O2/c1-23-19-7-5-17(6-8-19)21-11-9-16(10-12-21)20-14-15-3-2-4-18(22)13-15/h5-8,15-16,18,20,22H,2-4,9-14H2,1H3. The smallest absolute Gasteiger partial charge is 0.119 e. The van der Waals surface area contributed by atoms with Crippen molar-refractivity contribution in [2.24, 2.45) is 5.92 Å². The zero-order valence-electron chi connectivity index (χ0n) is 14.2. The highest BCUT2D eigenvalue weighted by Crippen LogP contribution is 2.25. The molecule has 1 saturated heterocycles. The van der Waals surface area contributed by atoms with Crippen LogP contribution in [0.3, 0.4) is 0 Å². The van der Waals surface area contributed by atoms with Gasteiger partial charge in [0.1, 0.15) is 5.75 Å². The van der Waals surface area contributed by atoms with Gasteiger partial charge in [-0.05, 0) is 68.8 Å². The van der Waals surface area contributed by atoms with E-state index in [0.717, 1.165) is 38.2 Å². The molecule has 1 aromatic rings. The quantitative estimate of drug-likeness (QED) is 0.876. The fraction of sp³-hybridized carbons (Fsp3) is 0.684. The lowest BCUT2D eigenvalue weighted by molar-refractivity contribution is 0.0992. The zero-order chi connectivity index (χ0) is 16.1. The summed E-state index contributed by atoms with van der Waals surface area (Å²) in [6.45, 7) is 3.29. The number of methoxy groups -OCH3 is 1. The third-order valence-corrected chi connectivity index (χ3v) is 5.38. The van der Waals surface area contributed by atoms with Crippen molar-refractivity contribution in [1.29, 1.82) is 0 Å². The van der Waals surface area contributed by atoms with Crippen molar-refractivity contribution in [1.82, 2.24) is 5.32 Å². The van der Waals surface area contributed by atoms with Crippen molar-refractivity contribution in [2.75, 3.05) is 31.6 Å². The van der Waals surface area contributed by atoms with Crippen LogP contribution in [0.5, 0.6) is 5.75 Å². The summed E-state index contributed by atoms with van der Waals surface area (Å²) < 4.78 is 5.22. The van der Waals surface area contributed by atoms with Crippen LogP contribution < -0.4 is 15.0 Å². The molecular formula is C19H30N2O2. The van der Waals surface area contributed by atoms with Gasteiger partial charge in [0.05, 0.1) is 13.2 Å². The molecule has 1 aromatic carbocycles. The van der Waals surface area contributed by atoms with Crippen LogP contribution >= 0.6 is 0 Å². The van der Waals surface area contributed by atoms with Gasteiger partial charge in [0.2, 0.25) is 0 Å². The first-order valence-electron chi connectivity index (χ1n) is 9.05. The second kappa shape index (κ2) is 8.02. The van der Waals surface area contributed by atoms with Crippen molar-refractivity contribution in [3.8, 4) is 5.75 Å². The minimum atomic E-state index is -0.0625. The van der Waals surface area contributed by atoms with Crippen molar-refractivity contribution < 1.29 is 9.84 Å². The van der Waals surface area contributed by atoms with Crippen LogP contribution in [0.15, 0.2) is 24.3 Å². The lowest BCUT2D eigenvalue weighted by Crippen LogP contribution is -2.44. The van der Waals surface area contributed by atoms with Crippen LogP contribution in [0.25, 0.3) is 0 Å². The van der Waals surface area contributed by atoms with Crippen molar-refractivity contribution >= 4 is 5.69 Å². The normalized spacial score (nSPS) is 26.3. The second-order valence-corrected chi connectivity index (χ2v) is 7.05. The van der Waals surface area contributed by atoms with Gasteiger partial charge in [0.15, 0.2) is 0 Å². The molecular weight excluding hydrogens is 288 g/mol. The highest BCUT2D eigenvalue weighted by atomic mass is 16.5. The molecule has 2 N–H and O–H groups in total. The third kappa shape index (κ3) is 4.61. The van der Waals surface area contributed by atoms with E-state index in [1.165, 1.54) is 31.4 Å². The predicted molar refractivity (Wildman–Crippen MR) is 94.2 cm³/mol. The average Bonchev–Trinajstić information content (AvgIpc) is 2.61. The van der Waals surface area contributed by atoms with E-state index in [1.54, 1.807) is 7.11 Å². The number of hydrogen-bond donors (Lipinski definition) is 2. The van der Waals surface area contributed by atoms with Crippen molar-refractivity contribution in [2.45, 2.75) is 50.7 Å². The highest BCUT2D eigenvalue weighted by molar-refractivity contribution is 5.49. The summed E-state index contributed by atoms with van der Waals surface area (Å²) in [5.41, 5.74) is 1.29. The molecule has 2 aliphatic rings. The Hall–Kier alpha value is -1.26. The number of anilines is 1. The van der Waals surface area contributed by atoms with Gasteiger partial charge in [-0.1, -0.05) is 6.42 Å². The van der Waals surface area contributed by atoms with Gasteiger partial charge in [0.25, 0.3) is 0 Å². The number of rotatable bonds is 5. The highest BCUT2D eigenvalue weighted by Gasteiger charge is 2.23. The summed E-state index contributed by atoms with van der Waals surface area (Å²) in [6.07, 6.45) is 6.77. The second-order valence-electron chi connectivity index (χ2n) is 7.05. The summed E-state index contributed by atoms with van der Waals surface area (Å²) in [4.78, 5) is 2.46. The van der Waals surface area contributed by atoms with Gasteiger partial charge in [-0.3, -0.25) is 0 Å². The predicted octanol–water partition coefficient (Wildman–Crippen LogP) is 2.80. The molecule has 128 valence electrons. The number of piperidine rings is 1. The first-order valence-corrected chi connectivity index (χ1v) is 9.05. The molecule has 23 heavy (non-hydrogen) atoms. The molecule has 1 aliphatic carbocycles. The maximum Gasteiger partial charge on any atom is 0.119 e. The SMILES string of the molecule is COc1ccc(N2CCC(NCC3CCCC(O)C3)CC2)cc1. The van der Waals surface area contributed by atoms with Gasteiger partial charge in [-0.15, -0.1) is 0 Å². The van der Waals surface area contributed by atoms with Crippen LogP contribution in [0.2, 0.25) is 0 Å². The van der Waals surface area contributed by atoms with Crippen molar-refractivity contribution in [3.63, 3.8) is 0 Å². The Morgan fingerprint density at radius 2 is 1.87 bits per heavy atom. The molecule has 0 aromatic heterocycles. The lowest BCUT2D eigenvalue weighted by Gasteiger charge is -2.35. The molecule has 4 heteroatoms. The summed E-state index contributed by atoms with van der Waals surface area (Å²) in [5.74, 6) is 1.58. The van der Waals surface area contributed by atoms with Crippen LogP contribution in [0.1, 0.15) is 38.5 Å². The van der Waals surface area contributed by atoms with E-state index in [9.17, 15) is 5.11 Å². The van der Waals surface area contributed by atoms with E-state index in [4.69, 9.17) is 4.74 Å². The Balaban J connectivity index is 1.41. The molecule has 1 heterocycles. The molecule has 2 unspecified atom stereocenters. The Morgan fingerprint density at radius 3 is 2.52 bits per heavy atom. The molecule has 2 fully saturated rings. The molecule has 0 radical (unpaired) electrons. The fourth-order valence-electron chi connectivity index (χ4n) is 3.92. The Kier molecular flexibility index (Phi) is 5.79. The van der Waals surface area contributed by atoms with Gasteiger partial charge >= 0.3 is 0 Å². The van der Waals surface area contributed by atoms with Gasteiger partial charge in [-0.2, -0.15) is 0 Å². The minimum Gasteiger partial charge on any atom is -0.497 e. The Bertz CT molecular complexity index is 469. The summed E-state index contributed by atoms with van der Waals surface area (Å²) in [6, 6.07) is 9.00. The van der Waals surface area contributed by atoms with Crippen molar-refractivity contribution in [3.05, 3.63) is 24.3 Å². The molecule has 3 rings (SSSR count). The number of ether oxygens (including phenoxy) is 1. The largest absolute Gasteiger partial charge is 0.497 e. The Morgan fingerprint density at radius 1 is 1.13 bits per heavy atom. The summed E-state index contributed by atoms with van der Waals surface area (Å²) >= 11 is 0. The molecule has 4 nitrogen and oxygen atoms in total. The number of hydrogen-bond acceptors (Lipinski definition) is 4. The monoisotopic (exact) mass is 318 g/mol. The topological polar surface area (TPSA) is 44.7 Å². The molecule has 0 spiro atoms. The van der Waals surface area contributed by atoms with E-state index < -0.39 is 0 Å². The number of aliphatic hydroxyl groups excluding tert-OH is 1. The average molecular weight is 318 g/mol. The van der Waals surface area contributed by atoms with Gasteiger partial charge < -0.3 is 20.1 Å². The molecule has 1 aliphatic heterocycles. The first-order chi connectivity index (χ1) is 11.2. The van der Waals surface area contributed by atoms with Crippen LogP contribution in [0, 0.1) is 5.92 Å². The van der Waals surface area contributed by atoms with Gasteiger partial charge in [-0.25, -0.2) is 0 Å². The maximum atomic E-state index is 9.77. The third-order valence-electron chi connectivity index (χ3n) is 5.38. The van der Waals surface area contributed by atoms with Gasteiger partial charge in [0, 0.05) is 24.8 Å². The Labute approximate surface area is 139 Å². The number of nitrogens with zero attached hydrogens (tertiary/aromatic N) is 1. The van der Waals surface area contributed by atoms with E-state index >= 15 is 0 Å². The number of nitrogens with one attached hydrogen (secondary N) is 1. The molecule has 2 atom stereocenters. The maximum absolute atomic E-state index is 9.77. The fourth-order valence-corrected chi connectivity index (χ4v) is 3.92. The van der Waals surface area contributed by atoms with E-state index in [-0.39, 0.29) is 6.10 Å². The van der Waals surface area contributed by atoms with Crippen LogP contribution in [0.4, 0.5) is 5.69 Å². The van der Waals surface area contributed by atoms with E-state index in [1.807, 2.05) is 12.1 Å².